The lowest BCUT2D eigenvalue weighted by Crippen LogP contribution is -2.24. The molecule has 0 radical (unpaired) electrons. The topological polar surface area (TPSA) is 63.8 Å². The molecule has 5 nitrogen and oxygen atoms in total. The molecule has 0 atom stereocenters. The molecule has 1 heterocycles. The molecule has 1 aromatic heterocycles. The van der Waals surface area contributed by atoms with Gasteiger partial charge in [-0.1, -0.05) is 35.3 Å². The van der Waals surface area contributed by atoms with Crippen molar-refractivity contribution >= 4 is 35.3 Å². The van der Waals surface area contributed by atoms with Crippen LogP contribution in [0.3, 0.4) is 0 Å². The fraction of sp³-hybridized carbons (Fsp3) is 0.100. The lowest BCUT2D eigenvalue weighted by Gasteiger charge is -2.07. The lowest BCUT2D eigenvalue weighted by molar-refractivity contribution is -0.137. The average molecular weight is 457 g/mol. The molecule has 0 fully saturated rings. The van der Waals surface area contributed by atoms with Gasteiger partial charge in [-0.3, -0.25) is 4.79 Å². The van der Waals surface area contributed by atoms with Gasteiger partial charge in [-0.25, -0.2) is 5.43 Å². The Labute approximate surface area is 179 Å². The van der Waals surface area contributed by atoms with Crippen LogP contribution in [-0.2, 0) is 11.0 Å². The molecule has 3 rings (SSSR count). The number of carbonyl (C=O) groups is 1. The van der Waals surface area contributed by atoms with Crippen LogP contribution >= 0.6 is 23.2 Å². The highest BCUT2D eigenvalue weighted by Gasteiger charge is 2.30. The Hall–Kier alpha value is -2.97. The number of nitrogens with one attached hydrogen (secondary N) is 1. The molecule has 1 amide bonds. The van der Waals surface area contributed by atoms with E-state index in [2.05, 4.69) is 10.5 Å². The number of carbonyl (C=O) groups excluding carboxylic acids is 1. The minimum Gasteiger partial charge on any atom is -0.482 e. The first-order chi connectivity index (χ1) is 14.2. The van der Waals surface area contributed by atoms with Gasteiger partial charge in [0.15, 0.2) is 6.61 Å². The number of furan rings is 1. The molecule has 0 aliphatic heterocycles. The van der Waals surface area contributed by atoms with E-state index in [1.165, 1.54) is 42.6 Å². The number of benzene rings is 2. The van der Waals surface area contributed by atoms with Crippen molar-refractivity contribution < 1.29 is 27.1 Å². The molecule has 0 saturated carbocycles. The van der Waals surface area contributed by atoms with Gasteiger partial charge in [0.05, 0.1) is 16.8 Å². The third kappa shape index (κ3) is 5.77. The second kappa shape index (κ2) is 9.23. The van der Waals surface area contributed by atoms with Gasteiger partial charge in [0, 0.05) is 10.6 Å². The second-order valence-electron chi connectivity index (χ2n) is 5.94. The summed E-state index contributed by atoms with van der Waals surface area (Å²) >= 11 is 11.7. The molecule has 30 heavy (non-hydrogen) atoms. The zero-order valence-electron chi connectivity index (χ0n) is 15.0. The van der Waals surface area contributed by atoms with Crippen LogP contribution in [0.25, 0.3) is 11.3 Å². The van der Waals surface area contributed by atoms with Crippen LogP contribution in [-0.4, -0.2) is 18.7 Å². The zero-order chi connectivity index (χ0) is 21.7. The van der Waals surface area contributed by atoms with Crippen LogP contribution in [0.2, 0.25) is 10.0 Å². The quantitative estimate of drug-likeness (QED) is 0.376. The Kier molecular flexibility index (Phi) is 6.69. The summed E-state index contributed by atoms with van der Waals surface area (Å²) in [4.78, 5) is 11.8. The molecule has 2 aromatic carbocycles. The molecule has 10 heteroatoms. The standard InChI is InChI=1S/C20H13Cl2F3N2O3/c21-14-4-6-18(16(22)9-14)29-11-19(28)27-26-10-15-5-7-17(30-15)12-2-1-3-13(8-12)20(23,24)25/h1-10H,11H2,(H,27,28). The van der Waals surface area contributed by atoms with Crippen molar-refractivity contribution in [3.05, 3.63) is 76.0 Å². The van der Waals surface area contributed by atoms with Gasteiger partial charge in [-0.15, -0.1) is 0 Å². The average Bonchev–Trinajstić information content (AvgIpc) is 3.16. The van der Waals surface area contributed by atoms with Crippen LogP contribution in [0, 0.1) is 0 Å². The van der Waals surface area contributed by atoms with Gasteiger partial charge in [0.25, 0.3) is 5.91 Å². The molecular weight excluding hydrogens is 444 g/mol. The molecule has 0 unspecified atom stereocenters. The number of ether oxygens (including phenoxy) is 1. The van der Waals surface area contributed by atoms with E-state index in [-0.39, 0.29) is 34.5 Å². The molecule has 0 aliphatic carbocycles. The van der Waals surface area contributed by atoms with Crippen LogP contribution in [0.15, 0.2) is 64.1 Å². The minimum atomic E-state index is -4.45. The monoisotopic (exact) mass is 456 g/mol. The summed E-state index contributed by atoms with van der Waals surface area (Å²) in [6.07, 6.45) is -3.24. The second-order valence-corrected chi connectivity index (χ2v) is 6.78. The highest BCUT2D eigenvalue weighted by Crippen LogP contribution is 2.32. The number of hydrazone groups is 1. The minimum absolute atomic E-state index is 0.231. The van der Waals surface area contributed by atoms with E-state index in [1.807, 2.05) is 0 Å². The molecule has 0 saturated heterocycles. The van der Waals surface area contributed by atoms with Crippen LogP contribution in [0.5, 0.6) is 5.75 Å². The maximum absolute atomic E-state index is 12.8. The van der Waals surface area contributed by atoms with Crippen molar-refractivity contribution in [2.75, 3.05) is 6.61 Å². The summed E-state index contributed by atoms with van der Waals surface area (Å²) < 4.78 is 49.2. The van der Waals surface area contributed by atoms with Crippen molar-refractivity contribution in [1.82, 2.24) is 5.43 Å². The number of hydrogen-bond donors (Lipinski definition) is 1. The maximum Gasteiger partial charge on any atom is 0.416 e. The van der Waals surface area contributed by atoms with E-state index >= 15 is 0 Å². The van der Waals surface area contributed by atoms with Gasteiger partial charge >= 0.3 is 6.18 Å². The Bertz CT molecular complexity index is 1080. The fourth-order valence-electron chi connectivity index (χ4n) is 2.36. The van der Waals surface area contributed by atoms with E-state index < -0.39 is 17.6 Å². The van der Waals surface area contributed by atoms with Crippen molar-refractivity contribution in [3.63, 3.8) is 0 Å². The third-order valence-electron chi connectivity index (χ3n) is 3.73. The predicted molar refractivity (Wildman–Crippen MR) is 107 cm³/mol. The van der Waals surface area contributed by atoms with Crippen molar-refractivity contribution in [2.45, 2.75) is 6.18 Å². The van der Waals surface area contributed by atoms with E-state index in [0.717, 1.165) is 12.1 Å². The summed E-state index contributed by atoms with van der Waals surface area (Å²) in [5, 5.41) is 4.42. The molecule has 3 aromatic rings. The van der Waals surface area contributed by atoms with Crippen molar-refractivity contribution in [1.29, 1.82) is 0 Å². The van der Waals surface area contributed by atoms with Gasteiger partial charge < -0.3 is 9.15 Å². The summed E-state index contributed by atoms with van der Waals surface area (Å²) in [5.41, 5.74) is 1.73. The normalized spacial score (nSPS) is 11.6. The fourth-order valence-corrected chi connectivity index (χ4v) is 2.82. The van der Waals surface area contributed by atoms with Crippen LogP contribution in [0.1, 0.15) is 11.3 Å². The molecular formula is C20H13Cl2F3N2O3. The number of hydrogen-bond acceptors (Lipinski definition) is 4. The molecule has 0 spiro atoms. The van der Waals surface area contributed by atoms with Crippen LogP contribution in [0.4, 0.5) is 13.2 Å². The summed E-state index contributed by atoms with van der Waals surface area (Å²) in [7, 11) is 0. The van der Waals surface area contributed by atoms with Crippen LogP contribution < -0.4 is 10.2 Å². The van der Waals surface area contributed by atoms with Crippen molar-refractivity contribution in [3.8, 4) is 17.1 Å². The smallest absolute Gasteiger partial charge is 0.416 e. The zero-order valence-corrected chi connectivity index (χ0v) is 16.6. The Morgan fingerprint density at radius 1 is 1.13 bits per heavy atom. The SMILES string of the molecule is O=C(COc1ccc(Cl)cc1Cl)NN=Cc1ccc(-c2cccc(C(F)(F)F)c2)o1. The van der Waals surface area contributed by atoms with Crippen molar-refractivity contribution in [2.24, 2.45) is 5.10 Å². The predicted octanol–water partition coefficient (Wildman–Crippen LogP) is 5.80. The molecule has 0 bridgehead atoms. The van der Waals surface area contributed by atoms with E-state index in [9.17, 15) is 18.0 Å². The number of alkyl halides is 3. The first kappa shape index (κ1) is 21.7. The highest BCUT2D eigenvalue weighted by molar-refractivity contribution is 6.35. The summed E-state index contributed by atoms with van der Waals surface area (Å²) in [6, 6.07) is 12.3. The number of nitrogens with zero attached hydrogens (tertiary/aromatic N) is 1. The Morgan fingerprint density at radius 3 is 2.67 bits per heavy atom. The largest absolute Gasteiger partial charge is 0.482 e. The van der Waals surface area contributed by atoms with Gasteiger partial charge in [0.1, 0.15) is 17.3 Å². The van der Waals surface area contributed by atoms with Gasteiger partial charge in [-0.2, -0.15) is 18.3 Å². The summed E-state index contributed by atoms with van der Waals surface area (Å²) in [5.74, 6) is 0.206. The van der Waals surface area contributed by atoms with Gasteiger partial charge in [-0.05, 0) is 42.5 Å². The molecule has 1 N–H and O–H groups in total. The first-order valence-electron chi connectivity index (χ1n) is 8.39. The lowest BCUT2D eigenvalue weighted by atomic mass is 10.1. The van der Waals surface area contributed by atoms with E-state index in [4.69, 9.17) is 32.4 Å². The number of amides is 1. The Morgan fingerprint density at radius 2 is 1.93 bits per heavy atom. The molecule has 0 aliphatic rings. The molecule has 156 valence electrons. The third-order valence-corrected chi connectivity index (χ3v) is 4.27. The maximum atomic E-state index is 12.8. The van der Waals surface area contributed by atoms with E-state index in [1.54, 1.807) is 6.07 Å². The summed E-state index contributed by atoms with van der Waals surface area (Å²) in [6.45, 7) is -0.341. The number of halogens is 5. The first-order valence-corrected chi connectivity index (χ1v) is 9.15. The van der Waals surface area contributed by atoms with Gasteiger partial charge in [0.2, 0.25) is 0 Å². The highest BCUT2D eigenvalue weighted by atomic mass is 35.5. The Balaban J connectivity index is 1.56. The van der Waals surface area contributed by atoms with E-state index in [0.29, 0.717) is 5.02 Å². The number of rotatable bonds is 6.